The highest BCUT2D eigenvalue weighted by atomic mass is 35.5. The normalized spacial score (nSPS) is 10.6. The number of benzene rings is 1. The van der Waals surface area contributed by atoms with Crippen LogP contribution >= 0.6 is 11.6 Å². The quantitative estimate of drug-likeness (QED) is 0.794. The van der Waals surface area contributed by atoms with Crippen LogP contribution in [-0.2, 0) is 6.54 Å². The van der Waals surface area contributed by atoms with Crippen LogP contribution in [0.1, 0.15) is 29.4 Å². The molecule has 0 spiro atoms. The van der Waals surface area contributed by atoms with Crippen molar-refractivity contribution in [2.24, 2.45) is 0 Å². The zero-order valence-corrected chi connectivity index (χ0v) is 12.7. The van der Waals surface area contributed by atoms with Crippen LogP contribution in [-0.4, -0.2) is 29.7 Å². The van der Waals surface area contributed by atoms with Crippen LogP contribution in [0.25, 0.3) is 0 Å². The minimum Gasteiger partial charge on any atom is -0.378 e. The van der Waals surface area contributed by atoms with E-state index < -0.39 is 0 Å². The number of ketones is 1. The van der Waals surface area contributed by atoms with Gasteiger partial charge in [-0.3, -0.25) is 9.48 Å². The molecule has 0 radical (unpaired) electrons. The summed E-state index contributed by atoms with van der Waals surface area (Å²) in [6.07, 6.45) is 2.43. The van der Waals surface area contributed by atoms with E-state index in [4.69, 9.17) is 11.6 Å². The number of hydrogen-bond donors (Lipinski definition) is 0. The van der Waals surface area contributed by atoms with E-state index >= 15 is 0 Å². The fourth-order valence-corrected chi connectivity index (χ4v) is 2.24. The predicted octanol–water partition coefficient (Wildman–Crippen LogP) is 3.24. The Hall–Kier alpha value is -1.81. The summed E-state index contributed by atoms with van der Waals surface area (Å²) < 4.78 is 1.67. The van der Waals surface area contributed by atoms with Gasteiger partial charge in [0.2, 0.25) is 5.78 Å². The largest absolute Gasteiger partial charge is 0.378 e. The van der Waals surface area contributed by atoms with E-state index in [9.17, 15) is 4.79 Å². The number of carbonyl (C=O) groups is 1. The molecule has 0 bridgehead atoms. The maximum absolute atomic E-state index is 12.5. The van der Waals surface area contributed by atoms with Gasteiger partial charge in [0.1, 0.15) is 5.69 Å². The summed E-state index contributed by atoms with van der Waals surface area (Å²) in [4.78, 5) is 14.5. The molecule has 0 saturated carbocycles. The van der Waals surface area contributed by atoms with Gasteiger partial charge >= 0.3 is 0 Å². The van der Waals surface area contributed by atoms with Gasteiger partial charge < -0.3 is 4.90 Å². The van der Waals surface area contributed by atoms with Gasteiger partial charge in [-0.25, -0.2) is 0 Å². The standard InChI is InChI=1S/C15H18ClN3O/c1-4-9-19-14(13(16)10-17-19)15(20)11-5-7-12(8-6-11)18(2)3/h5-8,10H,4,9H2,1-3H3. The number of halogens is 1. The van der Waals surface area contributed by atoms with Crippen LogP contribution in [0, 0.1) is 0 Å². The average Bonchev–Trinajstić information content (AvgIpc) is 2.79. The van der Waals surface area contributed by atoms with E-state index in [1.54, 1.807) is 4.68 Å². The molecule has 0 aliphatic rings. The SMILES string of the molecule is CCCn1ncc(Cl)c1C(=O)c1ccc(N(C)C)cc1. The molecular formula is C15H18ClN3O. The van der Waals surface area contributed by atoms with Crippen LogP contribution in [0.3, 0.4) is 0 Å². The second kappa shape index (κ2) is 6.09. The van der Waals surface area contributed by atoms with Crippen molar-refractivity contribution in [2.45, 2.75) is 19.9 Å². The van der Waals surface area contributed by atoms with E-state index in [2.05, 4.69) is 5.10 Å². The third-order valence-corrected chi connectivity index (χ3v) is 3.37. The Balaban J connectivity index is 2.33. The average molecular weight is 292 g/mol. The fourth-order valence-electron chi connectivity index (χ4n) is 2.02. The van der Waals surface area contributed by atoms with Crippen molar-refractivity contribution in [3.05, 3.63) is 46.7 Å². The summed E-state index contributed by atoms with van der Waals surface area (Å²) in [5.41, 5.74) is 2.14. The smallest absolute Gasteiger partial charge is 0.212 e. The summed E-state index contributed by atoms with van der Waals surface area (Å²) in [5.74, 6) is -0.0914. The number of rotatable bonds is 5. The van der Waals surface area contributed by atoms with Gasteiger partial charge in [0.15, 0.2) is 0 Å². The molecule has 1 heterocycles. The number of nitrogens with zero attached hydrogens (tertiary/aromatic N) is 3. The molecule has 5 heteroatoms. The predicted molar refractivity (Wildman–Crippen MR) is 81.7 cm³/mol. The second-order valence-electron chi connectivity index (χ2n) is 4.83. The minimum absolute atomic E-state index is 0.0914. The van der Waals surface area contributed by atoms with Gasteiger partial charge in [-0.15, -0.1) is 0 Å². The Kier molecular flexibility index (Phi) is 4.45. The highest BCUT2D eigenvalue weighted by Crippen LogP contribution is 2.21. The van der Waals surface area contributed by atoms with Crippen molar-refractivity contribution in [1.29, 1.82) is 0 Å². The number of hydrogen-bond acceptors (Lipinski definition) is 3. The Labute approximate surface area is 124 Å². The van der Waals surface area contributed by atoms with Gasteiger partial charge in [-0.1, -0.05) is 18.5 Å². The van der Waals surface area contributed by atoms with E-state index in [0.29, 0.717) is 22.8 Å². The van der Waals surface area contributed by atoms with Crippen molar-refractivity contribution in [3.63, 3.8) is 0 Å². The van der Waals surface area contributed by atoms with Crippen molar-refractivity contribution in [3.8, 4) is 0 Å². The Bertz CT molecular complexity index is 602. The molecule has 0 atom stereocenters. The van der Waals surface area contributed by atoms with E-state index in [0.717, 1.165) is 12.1 Å². The van der Waals surface area contributed by atoms with Gasteiger partial charge in [-0.05, 0) is 30.7 Å². The molecule has 20 heavy (non-hydrogen) atoms. The third-order valence-electron chi connectivity index (χ3n) is 3.09. The summed E-state index contributed by atoms with van der Waals surface area (Å²) >= 11 is 6.09. The molecule has 4 nitrogen and oxygen atoms in total. The zero-order chi connectivity index (χ0) is 14.7. The fraction of sp³-hybridized carbons (Fsp3) is 0.333. The monoisotopic (exact) mass is 291 g/mol. The lowest BCUT2D eigenvalue weighted by Crippen LogP contribution is -2.13. The number of carbonyl (C=O) groups excluding carboxylic acids is 1. The molecular weight excluding hydrogens is 274 g/mol. The maximum Gasteiger partial charge on any atom is 0.212 e. The topological polar surface area (TPSA) is 38.1 Å². The Morgan fingerprint density at radius 1 is 1.30 bits per heavy atom. The highest BCUT2D eigenvalue weighted by Gasteiger charge is 2.18. The van der Waals surface area contributed by atoms with Crippen molar-refractivity contribution in [1.82, 2.24) is 9.78 Å². The van der Waals surface area contributed by atoms with Crippen LogP contribution in [0.2, 0.25) is 5.02 Å². The molecule has 0 N–H and O–H groups in total. The van der Waals surface area contributed by atoms with Gasteiger partial charge in [0.25, 0.3) is 0 Å². The molecule has 2 rings (SSSR count). The first-order chi connectivity index (χ1) is 9.54. The van der Waals surface area contributed by atoms with Gasteiger partial charge in [0.05, 0.1) is 11.2 Å². The lowest BCUT2D eigenvalue weighted by molar-refractivity contribution is 0.102. The van der Waals surface area contributed by atoms with Crippen LogP contribution in [0.4, 0.5) is 5.69 Å². The summed E-state index contributed by atoms with van der Waals surface area (Å²) in [5, 5.41) is 4.56. The van der Waals surface area contributed by atoms with Crippen LogP contribution < -0.4 is 4.90 Å². The van der Waals surface area contributed by atoms with Crippen LogP contribution in [0.15, 0.2) is 30.5 Å². The van der Waals surface area contributed by atoms with Gasteiger partial charge in [-0.2, -0.15) is 5.10 Å². The lowest BCUT2D eigenvalue weighted by Gasteiger charge is -2.12. The molecule has 2 aromatic rings. The van der Waals surface area contributed by atoms with Crippen molar-refractivity contribution >= 4 is 23.1 Å². The molecule has 0 unspecified atom stereocenters. The Morgan fingerprint density at radius 3 is 2.50 bits per heavy atom. The molecule has 0 amide bonds. The molecule has 1 aromatic carbocycles. The molecule has 1 aromatic heterocycles. The number of aromatic nitrogens is 2. The molecule has 0 aliphatic carbocycles. The highest BCUT2D eigenvalue weighted by molar-refractivity contribution is 6.34. The first kappa shape index (κ1) is 14.6. The van der Waals surface area contributed by atoms with Crippen molar-refractivity contribution in [2.75, 3.05) is 19.0 Å². The van der Waals surface area contributed by atoms with Crippen LogP contribution in [0.5, 0.6) is 0 Å². The zero-order valence-electron chi connectivity index (χ0n) is 11.9. The van der Waals surface area contributed by atoms with Gasteiger partial charge in [0, 0.05) is 31.9 Å². The van der Waals surface area contributed by atoms with E-state index in [1.165, 1.54) is 6.20 Å². The first-order valence-corrected chi connectivity index (χ1v) is 6.95. The van der Waals surface area contributed by atoms with E-state index in [-0.39, 0.29) is 5.78 Å². The molecule has 0 fully saturated rings. The third kappa shape index (κ3) is 2.85. The molecule has 106 valence electrons. The number of aryl methyl sites for hydroxylation is 1. The van der Waals surface area contributed by atoms with E-state index in [1.807, 2.05) is 50.2 Å². The lowest BCUT2D eigenvalue weighted by atomic mass is 10.1. The summed E-state index contributed by atoms with van der Waals surface area (Å²) in [6, 6.07) is 7.47. The van der Waals surface area contributed by atoms with Crippen molar-refractivity contribution < 1.29 is 4.79 Å². The second-order valence-corrected chi connectivity index (χ2v) is 5.24. The summed E-state index contributed by atoms with van der Waals surface area (Å²) in [6.45, 7) is 2.72. The Morgan fingerprint density at radius 2 is 1.95 bits per heavy atom. The number of anilines is 1. The maximum atomic E-state index is 12.5. The molecule has 0 aliphatic heterocycles. The minimum atomic E-state index is -0.0914. The first-order valence-electron chi connectivity index (χ1n) is 6.58. The summed E-state index contributed by atoms with van der Waals surface area (Å²) in [7, 11) is 3.92. The molecule has 0 saturated heterocycles.